The van der Waals surface area contributed by atoms with E-state index in [4.69, 9.17) is 0 Å². The van der Waals surface area contributed by atoms with E-state index in [1.54, 1.807) is 4.90 Å². The van der Waals surface area contributed by atoms with Crippen LogP contribution < -0.4 is 10.2 Å². The Kier molecular flexibility index (Phi) is 5.26. The van der Waals surface area contributed by atoms with E-state index < -0.39 is 11.8 Å². The first-order valence-corrected chi connectivity index (χ1v) is 8.93. The van der Waals surface area contributed by atoms with Crippen LogP contribution in [0.25, 0.3) is 0 Å². The highest BCUT2D eigenvalue weighted by Crippen LogP contribution is 2.19. The lowest BCUT2D eigenvalue weighted by Gasteiger charge is -2.35. The molecule has 2 aromatic rings. The van der Waals surface area contributed by atoms with Crippen LogP contribution in [0.1, 0.15) is 16.7 Å². The highest BCUT2D eigenvalue weighted by molar-refractivity contribution is 6.39. The van der Waals surface area contributed by atoms with Gasteiger partial charge in [0, 0.05) is 37.6 Å². The number of amides is 2. The number of hydrogen-bond donors (Lipinski definition) is 1. The summed E-state index contributed by atoms with van der Waals surface area (Å²) < 4.78 is 0. The predicted octanol–water partition coefficient (Wildman–Crippen LogP) is 2.90. The van der Waals surface area contributed by atoms with Gasteiger partial charge in [-0.1, -0.05) is 29.8 Å². The van der Waals surface area contributed by atoms with Crippen LogP contribution >= 0.6 is 0 Å². The number of rotatable bonds is 2. The molecule has 1 aliphatic rings. The van der Waals surface area contributed by atoms with E-state index in [9.17, 15) is 9.59 Å². The minimum atomic E-state index is -0.569. The molecule has 26 heavy (non-hydrogen) atoms. The van der Waals surface area contributed by atoms with Crippen LogP contribution in [-0.2, 0) is 9.59 Å². The summed E-state index contributed by atoms with van der Waals surface area (Å²) in [5.74, 6) is -1.03. The Balaban J connectivity index is 1.58. The fraction of sp³-hybridized carbons (Fsp3) is 0.333. The highest BCUT2D eigenvalue weighted by atomic mass is 16.2. The van der Waals surface area contributed by atoms with Gasteiger partial charge in [0.25, 0.3) is 0 Å². The molecule has 1 aliphatic heterocycles. The minimum absolute atomic E-state index is 0.464. The molecule has 0 atom stereocenters. The normalized spacial score (nSPS) is 14.3. The van der Waals surface area contributed by atoms with Crippen LogP contribution in [0, 0.1) is 20.8 Å². The van der Waals surface area contributed by atoms with Crippen molar-refractivity contribution in [2.45, 2.75) is 20.8 Å². The fourth-order valence-electron chi connectivity index (χ4n) is 3.27. The SMILES string of the molecule is Cc1cccc(N2CCN(C(=O)C(=O)Nc3ccc(C)cc3C)CC2)c1. The quantitative estimate of drug-likeness (QED) is 0.847. The molecule has 0 unspecified atom stereocenters. The molecule has 2 amide bonds. The first-order chi connectivity index (χ1) is 12.4. The molecule has 0 aliphatic carbocycles. The molecule has 1 saturated heterocycles. The number of nitrogens with zero attached hydrogens (tertiary/aromatic N) is 2. The van der Waals surface area contributed by atoms with Gasteiger partial charge in [-0.2, -0.15) is 0 Å². The second-order valence-corrected chi connectivity index (χ2v) is 6.89. The summed E-state index contributed by atoms with van der Waals surface area (Å²) in [7, 11) is 0. The third kappa shape index (κ3) is 4.04. The second-order valence-electron chi connectivity index (χ2n) is 6.89. The van der Waals surface area contributed by atoms with Crippen LogP contribution in [0.4, 0.5) is 11.4 Å². The lowest BCUT2D eigenvalue weighted by Crippen LogP contribution is -2.51. The molecule has 0 spiro atoms. The first kappa shape index (κ1) is 18.0. The fourth-order valence-corrected chi connectivity index (χ4v) is 3.27. The van der Waals surface area contributed by atoms with E-state index in [-0.39, 0.29) is 0 Å². The molecular formula is C21H25N3O2. The van der Waals surface area contributed by atoms with Gasteiger partial charge in [0.2, 0.25) is 0 Å². The van der Waals surface area contributed by atoms with Gasteiger partial charge in [-0.15, -0.1) is 0 Å². The number of carbonyl (C=O) groups excluding carboxylic acids is 2. The third-order valence-electron chi connectivity index (χ3n) is 4.76. The van der Waals surface area contributed by atoms with Crippen molar-refractivity contribution >= 4 is 23.2 Å². The molecule has 3 rings (SSSR count). The Bertz CT molecular complexity index is 824. The van der Waals surface area contributed by atoms with Gasteiger partial charge in [-0.05, 0) is 50.1 Å². The largest absolute Gasteiger partial charge is 0.368 e. The maximum atomic E-state index is 12.5. The van der Waals surface area contributed by atoms with E-state index in [0.29, 0.717) is 18.8 Å². The molecular weight excluding hydrogens is 326 g/mol. The van der Waals surface area contributed by atoms with Gasteiger partial charge in [0.15, 0.2) is 0 Å². The highest BCUT2D eigenvalue weighted by Gasteiger charge is 2.26. The minimum Gasteiger partial charge on any atom is -0.368 e. The smallest absolute Gasteiger partial charge is 0.313 e. The lowest BCUT2D eigenvalue weighted by atomic mass is 10.1. The molecule has 0 radical (unpaired) electrons. The molecule has 2 aromatic carbocycles. The second kappa shape index (κ2) is 7.60. The van der Waals surface area contributed by atoms with Crippen LogP contribution in [0.15, 0.2) is 42.5 Å². The zero-order valence-corrected chi connectivity index (χ0v) is 15.6. The molecule has 1 N–H and O–H groups in total. The van der Waals surface area contributed by atoms with E-state index in [0.717, 1.165) is 29.9 Å². The first-order valence-electron chi connectivity index (χ1n) is 8.93. The number of benzene rings is 2. The summed E-state index contributed by atoms with van der Waals surface area (Å²) in [6, 6.07) is 14.1. The molecule has 0 aromatic heterocycles. The standard InChI is InChI=1S/C21H25N3O2/c1-15-5-4-6-18(14-15)23-9-11-24(12-10-23)21(26)20(25)22-19-8-7-16(2)13-17(19)3/h4-8,13-14H,9-12H2,1-3H3,(H,22,25). The van der Waals surface area contributed by atoms with Crippen LogP contribution in [-0.4, -0.2) is 42.9 Å². The monoisotopic (exact) mass is 351 g/mol. The Morgan fingerprint density at radius 3 is 2.23 bits per heavy atom. The van der Waals surface area contributed by atoms with Gasteiger partial charge < -0.3 is 15.1 Å². The Morgan fingerprint density at radius 2 is 1.58 bits per heavy atom. The summed E-state index contributed by atoms with van der Waals surface area (Å²) in [5.41, 5.74) is 5.15. The van der Waals surface area contributed by atoms with Crippen LogP contribution in [0.5, 0.6) is 0 Å². The average Bonchev–Trinajstić information content (AvgIpc) is 2.63. The summed E-state index contributed by atoms with van der Waals surface area (Å²) in [6.45, 7) is 8.55. The zero-order chi connectivity index (χ0) is 18.7. The van der Waals surface area contributed by atoms with Crippen molar-refractivity contribution in [3.05, 3.63) is 59.2 Å². The van der Waals surface area contributed by atoms with Crippen molar-refractivity contribution in [1.82, 2.24) is 4.90 Å². The van der Waals surface area contributed by atoms with Gasteiger partial charge in [-0.25, -0.2) is 0 Å². The van der Waals surface area contributed by atoms with E-state index >= 15 is 0 Å². The van der Waals surface area contributed by atoms with E-state index in [1.165, 1.54) is 5.56 Å². The van der Waals surface area contributed by atoms with Crippen LogP contribution in [0.2, 0.25) is 0 Å². The van der Waals surface area contributed by atoms with Crippen molar-refractivity contribution in [2.24, 2.45) is 0 Å². The summed E-state index contributed by atoms with van der Waals surface area (Å²) in [5, 5.41) is 2.74. The Hall–Kier alpha value is -2.82. The van der Waals surface area contributed by atoms with Crippen molar-refractivity contribution in [3.63, 3.8) is 0 Å². The number of aryl methyl sites for hydroxylation is 3. The van der Waals surface area contributed by atoms with Crippen molar-refractivity contribution in [2.75, 3.05) is 36.4 Å². The third-order valence-corrected chi connectivity index (χ3v) is 4.76. The summed E-state index contributed by atoms with van der Waals surface area (Å²) >= 11 is 0. The lowest BCUT2D eigenvalue weighted by molar-refractivity contribution is -0.143. The zero-order valence-electron chi connectivity index (χ0n) is 15.6. The van der Waals surface area contributed by atoms with Crippen molar-refractivity contribution in [1.29, 1.82) is 0 Å². The van der Waals surface area contributed by atoms with Crippen molar-refractivity contribution in [3.8, 4) is 0 Å². The number of anilines is 2. The van der Waals surface area contributed by atoms with Gasteiger partial charge in [0.1, 0.15) is 0 Å². The average molecular weight is 351 g/mol. The number of nitrogens with one attached hydrogen (secondary N) is 1. The molecule has 136 valence electrons. The predicted molar refractivity (Wildman–Crippen MR) is 105 cm³/mol. The maximum Gasteiger partial charge on any atom is 0.313 e. The van der Waals surface area contributed by atoms with E-state index in [2.05, 4.69) is 35.3 Å². The Morgan fingerprint density at radius 1 is 0.885 bits per heavy atom. The Labute approximate surface area is 154 Å². The van der Waals surface area contributed by atoms with Crippen LogP contribution in [0.3, 0.4) is 0 Å². The molecule has 0 bridgehead atoms. The molecule has 5 heteroatoms. The number of hydrogen-bond acceptors (Lipinski definition) is 3. The molecule has 1 heterocycles. The number of carbonyl (C=O) groups is 2. The molecule has 1 fully saturated rings. The maximum absolute atomic E-state index is 12.5. The van der Waals surface area contributed by atoms with Crippen molar-refractivity contribution < 1.29 is 9.59 Å². The molecule has 0 saturated carbocycles. The van der Waals surface area contributed by atoms with Gasteiger partial charge in [-0.3, -0.25) is 9.59 Å². The summed E-state index contributed by atoms with van der Waals surface area (Å²) in [6.07, 6.45) is 0. The topological polar surface area (TPSA) is 52.7 Å². The number of piperazine rings is 1. The van der Waals surface area contributed by atoms with Gasteiger partial charge >= 0.3 is 11.8 Å². The van der Waals surface area contributed by atoms with E-state index in [1.807, 2.05) is 38.1 Å². The van der Waals surface area contributed by atoms with Gasteiger partial charge in [0.05, 0.1) is 0 Å². The molecule has 5 nitrogen and oxygen atoms in total. The summed E-state index contributed by atoms with van der Waals surface area (Å²) in [4.78, 5) is 28.7.